The number of anilines is 1. The van der Waals surface area contributed by atoms with Gasteiger partial charge in [-0.25, -0.2) is 9.97 Å². The molecule has 0 saturated carbocycles. The first-order valence-electron chi connectivity index (χ1n) is 6.32. The van der Waals surface area contributed by atoms with Crippen LogP contribution >= 0.6 is 22.9 Å². The van der Waals surface area contributed by atoms with Crippen LogP contribution in [0, 0.1) is 0 Å². The Bertz CT molecular complexity index is 538. The van der Waals surface area contributed by atoms with E-state index in [2.05, 4.69) is 46.6 Å². The molecule has 0 aliphatic heterocycles. The fourth-order valence-electron chi connectivity index (χ4n) is 1.78. The quantitative estimate of drug-likeness (QED) is 0.842. The van der Waals surface area contributed by atoms with Crippen molar-refractivity contribution in [2.75, 3.05) is 11.9 Å². The summed E-state index contributed by atoms with van der Waals surface area (Å²) in [6.07, 6.45) is 0.781. The number of halogens is 1. The van der Waals surface area contributed by atoms with E-state index in [1.54, 1.807) is 17.4 Å². The van der Waals surface area contributed by atoms with Crippen LogP contribution in [-0.2, 0) is 11.8 Å². The van der Waals surface area contributed by atoms with Gasteiger partial charge < -0.3 is 5.32 Å². The molecule has 2 aromatic rings. The molecule has 3 nitrogen and oxygen atoms in total. The van der Waals surface area contributed by atoms with Gasteiger partial charge in [-0.3, -0.25) is 0 Å². The minimum atomic E-state index is 0.0674. The van der Waals surface area contributed by atoms with E-state index in [0.29, 0.717) is 5.15 Å². The Morgan fingerprint density at radius 2 is 2.16 bits per heavy atom. The van der Waals surface area contributed by atoms with Gasteiger partial charge in [0.05, 0.1) is 0 Å². The summed E-state index contributed by atoms with van der Waals surface area (Å²) in [4.78, 5) is 9.95. The second kappa shape index (κ2) is 5.88. The van der Waals surface area contributed by atoms with Gasteiger partial charge in [0, 0.05) is 29.3 Å². The van der Waals surface area contributed by atoms with Gasteiger partial charge in [-0.15, -0.1) is 11.3 Å². The average Bonchev–Trinajstić information content (AvgIpc) is 2.90. The van der Waals surface area contributed by atoms with Crippen molar-refractivity contribution in [1.82, 2.24) is 9.97 Å². The zero-order valence-electron chi connectivity index (χ0n) is 11.4. The highest BCUT2D eigenvalue weighted by atomic mass is 35.5. The third kappa shape index (κ3) is 3.67. The van der Waals surface area contributed by atoms with E-state index in [1.165, 1.54) is 4.88 Å². The van der Waals surface area contributed by atoms with Crippen LogP contribution in [0.15, 0.2) is 23.6 Å². The number of thiophene rings is 1. The topological polar surface area (TPSA) is 37.8 Å². The van der Waals surface area contributed by atoms with Crippen molar-refractivity contribution in [1.29, 1.82) is 0 Å². The van der Waals surface area contributed by atoms with E-state index in [9.17, 15) is 0 Å². The van der Waals surface area contributed by atoms with Gasteiger partial charge in [0.15, 0.2) is 0 Å². The van der Waals surface area contributed by atoms with Gasteiger partial charge >= 0.3 is 0 Å². The van der Waals surface area contributed by atoms with Crippen molar-refractivity contribution in [3.05, 3.63) is 39.4 Å². The van der Waals surface area contributed by atoms with Crippen LogP contribution < -0.4 is 5.32 Å². The van der Waals surface area contributed by atoms with Crippen LogP contribution in [0.4, 0.5) is 5.82 Å². The lowest BCUT2D eigenvalue weighted by Gasteiger charge is -2.24. The summed E-state index contributed by atoms with van der Waals surface area (Å²) < 4.78 is 0. The molecule has 2 heterocycles. The third-order valence-corrected chi connectivity index (χ3v) is 4.39. The molecule has 2 aromatic heterocycles. The molecule has 102 valence electrons. The summed E-state index contributed by atoms with van der Waals surface area (Å²) in [6, 6.07) is 6.01. The summed E-state index contributed by atoms with van der Waals surface area (Å²) >= 11 is 7.77. The molecular formula is C14H18ClN3S. The van der Waals surface area contributed by atoms with E-state index in [4.69, 9.17) is 11.6 Å². The predicted molar refractivity (Wildman–Crippen MR) is 82.3 cm³/mol. The van der Waals surface area contributed by atoms with E-state index in [1.807, 2.05) is 6.92 Å². The number of nitrogens with one attached hydrogen (secondary N) is 1. The Kier molecular flexibility index (Phi) is 4.42. The molecular weight excluding hydrogens is 278 g/mol. The number of rotatable bonds is 5. The smallest absolute Gasteiger partial charge is 0.134 e. The molecule has 0 atom stereocenters. The monoisotopic (exact) mass is 295 g/mol. The molecule has 5 heteroatoms. The maximum absolute atomic E-state index is 5.99. The number of aromatic nitrogens is 2. The molecule has 2 rings (SSSR count). The van der Waals surface area contributed by atoms with Gasteiger partial charge in [0.2, 0.25) is 0 Å². The second-order valence-corrected chi connectivity index (χ2v) is 6.40. The minimum Gasteiger partial charge on any atom is -0.369 e. The highest BCUT2D eigenvalue weighted by Crippen LogP contribution is 2.27. The summed E-state index contributed by atoms with van der Waals surface area (Å²) in [5.41, 5.74) is 0.0674. The maximum Gasteiger partial charge on any atom is 0.134 e. The fourth-order valence-corrected chi connectivity index (χ4v) is 2.83. The van der Waals surface area contributed by atoms with Crippen molar-refractivity contribution in [3.8, 4) is 0 Å². The van der Waals surface area contributed by atoms with Crippen LogP contribution in [0.3, 0.4) is 0 Å². The number of aryl methyl sites for hydroxylation is 1. The van der Waals surface area contributed by atoms with E-state index < -0.39 is 0 Å². The standard InChI is InChI=1S/C14H18ClN3S/c1-4-12-17-11(15)8-13(18-12)16-9-14(2,3)10-6-5-7-19-10/h5-8H,4,9H2,1-3H3,(H,16,17,18). The van der Waals surface area contributed by atoms with E-state index in [0.717, 1.165) is 24.6 Å². The zero-order chi connectivity index (χ0) is 13.9. The molecule has 0 aliphatic rings. The van der Waals surface area contributed by atoms with Crippen LogP contribution in [-0.4, -0.2) is 16.5 Å². The minimum absolute atomic E-state index is 0.0674. The van der Waals surface area contributed by atoms with Crippen LogP contribution in [0.1, 0.15) is 31.5 Å². The molecule has 0 spiro atoms. The first kappa shape index (κ1) is 14.3. The van der Waals surface area contributed by atoms with Crippen LogP contribution in [0.2, 0.25) is 5.15 Å². The molecule has 0 bridgehead atoms. The third-order valence-electron chi connectivity index (χ3n) is 2.96. The largest absolute Gasteiger partial charge is 0.369 e. The van der Waals surface area contributed by atoms with Gasteiger partial charge in [0.25, 0.3) is 0 Å². The Morgan fingerprint density at radius 3 is 2.79 bits per heavy atom. The highest BCUT2D eigenvalue weighted by Gasteiger charge is 2.21. The Hall–Kier alpha value is -1.13. The number of hydrogen-bond acceptors (Lipinski definition) is 4. The number of hydrogen-bond donors (Lipinski definition) is 1. The summed E-state index contributed by atoms with van der Waals surface area (Å²) in [5, 5.41) is 5.95. The predicted octanol–water partition coefficient (Wildman–Crippen LogP) is 4.14. The van der Waals surface area contributed by atoms with Gasteiger partial charge in [-0.2, -0.15) is 0 Å². The van der Waals surface area contributed by atoms with Crippen molar-refractivity contribution < 1.29 is 0 Å². The summed E-state index contributed by atoms with van der Waals surface area (Å²) in [5.74, 6) is 1.56. The SMILES string of the molecule is CCc1nc(Cl)cc(NCC(C)(C)c2cccs2)n1. The zero-order valence-corrected chi connectivity index (χ0v) is 13.0. The first-order chi connectivity index (χ1) is 9.01. The van der Waals surface area contributed by atoms with Gasteiger partial charge in [-0.1, -0.05) is 38.4 Å². The number of nitrogens with zero attached hydrogens (tertiary/aromatic N) is 2. The molecule has 0 radical (unpaired) electrons. The Labute approximate surface area is 123 Å². The lowest BCUT2D eigenvalue weighted by atomic mass is 9.91. The van der Waals surface area contributed by atoms with Crippen molar-refractivity contribution in [2.45, 2.75) is 32.6 Å². The van der Waals surface area contributed by atoms with Crippen molar-refractivity contribution >= 4 is 28.8 Å². The van der Waals surface area contributed by atoms with Crippen molar-refractivity contribution in [3.63, 3.8) is 0 Å². The lowest BCUT2D eigenvalue weighted by molar-refractivity contribution is 0.568. The van der Waals surface area contributed by atoms with Crippen LogP contribution in [0.25, 0.3) is 0 Å². The fraction of sp³-hybridized carbons (Fsp3) is 0.429. The molecule has 1 N–H and O–H groups in total. The highest BCUT2D eigenvalue weighted by molar-refractivity contribution is 7.10. The molecule has 0 saturated heterocycles. The molecule has 0 amide bonds. The summed E-state index contributed by atoms with van der Waals surface area (Å²) in [6.45, 7) is 7.26. The molecule has 0 unspecified atom stereocenters. The average molecular weight is 296 g/mol. The van der Waals surface area contributed by atoms with Gasteiger partial charge in [0.1, 0.15) is 16.8 Å². The molecule has 0 fully saturated rings. The Balaban J connectivity index is 2.08. The van der Waals surface area contributed by atoms with E-state index >= 15 is 0 Å². The lowest BCUT2D eigenvalue weighted by Crippen LogP contribution is -2.27. The first-order valence-corrected chi connectivity index (χ1v) is 7.58. The Morgan fingerprint density at radius 1 is 1.37 bits per heavy atom. The maximum atomic E-state index is 5.99. The second-order valence-electron chi connectivity index (χ2n) is 5.06. The van der Waals surface area contributed by atoms with Crippen molar-refractivity contribution in [2.24, 2.45) is 0 Å². The van der Waals surface area contributed by atoms with Gasteiger partial charge in [-0.05, 0) is 11.4 Å². The summed E-state index contributed by atoms with van der Waals surface area (Å²) in [7, 11) is 0. The molecule has 0 aliphatic carbocycles. The normalized spacial score (nSPS) is 11.6. The van der Waals surface area contributed by atoms with E-state index in [-0.39, 0.29) is 5.41 Å². The molecule has 0 aromatic carbocycles. The van der Waals surface area contributed by atoms with Crippen LogP contribution in [0.5, 0.6) is 0 Å². The molecule has 19 heavy (non-hydrogen) atoms.